The fourth-order valence-electron chi connectivity index (χ4n) is 1.59. The van der Waals surface area contributed by atoms with Crippen LogP contribution in [0.2, 0.25) is 0 Å². The molecule has 6 nitrogen and oxygen atoms in total. The largest absolute Gasteiger partial charge is 0.383 e. The number of hydrogen-bond acceptors (Lipinski definition) is 7. The maximum Gasteiger partial charge on any atom is 0.237 e. The summed E-state index contributed by atoms with van der Waals surface area (Å²) in [7, 11) is 1.62. The van der Waals surface area contributed by atoms with E-state index in [2.05, 4.69) is 20.8 Å². The van der Waals surface area contributed by atoms with Gasteiger partial charge in [0.2, 0.25) is 11.0 Å². The number of hydrogen-bond donors (Lipinski definition) is 2. The molecule has 0 unspecified atom stereocenters. The number of thioether (sulfide) groups is 1. The molecule has 1 amide bonds. The number of carbonyl (C=O) groups excluding carboxylic acids is 1. The van der Waals surface area contributed by atoms with Crippen molar-refractivity contribution in [2.24, 2.45) is 0 Å². The second-order valence-electron chi connectivity index (χ2n) is 4.52. The van der Waals surface area contributed by atoms with E-state index in [0.717, 1.165) is 0 Å². The van der Waals surface area contributed by atoms with Crippen LogP contribution in [0.4, 0.5) is 15.2 Å². The van der Waals surface area contributed by atoms with Gasteiger partial charge in [-0.1, -0.05) is 35.2 Å². The van der Waals surface area contributed by atoms with Gasteiger partial charge in [-0.3, -0.25) is 4.79 Å². The average Bonchev–Trinajstić information content (AvgIpc) is 2.97. The second kappa shape index (κ2) is 8.80. The Hall–Kier alpha value is -1.71. The van der Waals surface area contributed by atoms with E-state index in [4.69, 9.17) is 4.74 Å². The van der Waals surface area contributed by atoms with E-state index in [1.165, 1.54) is 35.2 Å². The van der Waals surface area contributed by atoms with Gasteiger partial charge in [-0.2, -0.15) is 0 Å². The van der Waals surface area contributed by atoms with Crippen molar-refractivity contribution < 1.29 is 13.9 Å². The van der Waals surface area contributed by atoms with Crippen molar-refractivity contribution in [3.63, 3.8) is 0 Å². The fourth-order valence-corrected chi connectivity index (χ4v) is 3.51. The van der Waals surface area contributed by atoms with E-state index in [1.807, 2.05) is 0 Å². The Bertz CT molecular complexity index is 653. The number of nitrogens with one attached hydrogen (secondary N) is 2. The van der Waals surface area contributed by atoms with Crippen LogP contribution in [0.5, 0.6) is 0 Å². The molecule has 0 aliphatic heterocycles. The van der Waals surface area contributed by atoms with E-state index >= 15 is 0 Å². The Balaban J connectivity index is 1.87. The number of amides is 1. The zero-order chi connectivity index (χ0) is 16.7. The van der Waals surface area contributed by atoms with Crippen molar-refractivity contribution in [3.05, 3.63) is 30.1 Å². The van der Waals surface area contributed by atoms with Crippen molar-refractivity contribution in [3.8, 4) is 0 Å². The first-order valence-corrected chi connectivity index (χ1v) is 8.58. The van der Waals surface area contributed by atoms with E-state index in [9.17, 15) is 9.18 Å². The molecule has 0 radical (unpaired) electrons. The summed E-state index contributed by atoms with van der Waals surface area (Å²) in [5.74, 6) is -0.747. The van der Waals surface area contributed by atoms with Crippen LogP contribution < -0.4 is 10.6 Å². The maximum absolute atomic E-state index is 13.5. The lowest BCUT2D eigenvalue weighted by Gasteiger charge is -2.10. The van der Waals surface area contributed by atoms with Crippen molar-refractivity contribution in [1.82, 2.24) is 10.2 Å². The molecule has 1 heterocycles. The molecular weight excluding hydrogens is 339 g/mol. The minimum absolute atomic E-state index is 0.170. The number of aromatic nitrogens is 2. The summed E-state index contributed by atoms with van der Waals surface area (Å²) in [6, 6.07) is 6.06. The predicted molar refractivity (Wildman–Crippen MR) is 90.6 cm³/mol. The molecule has 0 saturated heterocycles. The lowest BCUT2D eigenvalue weighted by molar-refractivity contribution is -0.115. The van der Waals surface area contributed by atoms with Crippen molar-refractivity contribution in [1.29, 1.82) is 0 Å². The van der Waals surface area contributed by atoms with Crippen molar-refractivity contribution in [2.45, 2.75) is 16.5 Å². The summed E-state index contributed by atoms with van der Waals surface area (Å²) in [5.41, 5.74) is 0.170. The highest BCUT2D eigenvalue weighted by molar-refractivity contribution is 8.02. The van der Waals surface area contributed by atoms with E-state index in [0.29, 0.717) is 22.6 Å². The zero-order valence-corrected chi connectivity index (χ0v) is 14.3. The highest BCUT2D eigenvalue weighted by Crippen LogP contribution is 2.29. The first-order valence-electron chi connectivity index (χ1n) is 6.88. The first-order chi connectivity index (χ1) is 11.1. The Morgan fingerprint density at radius 1 is 1.43 bits per heavy atom. The lowest BCUT2D eigenvalue weighted by Crippen LogP contribution is -2.22. The third kappa shape index (κ3) is 5.45. The molecule has 124 valence electrons. The van der Waals surface area contributed by atoms with Gasteiger partial charge in [-0.25, -0.2) is 4.39 Å². The Morgan fingerprint density at radius 3 is 2.96 bits per heavy atom. The average molecular weight is 356 g/mol. The van der Waals surface area contributed by atoms with Crippen LogP contribution in [0, 0.1) is 5.82 Å². The summed E-state index contributed by atoms with van der Waals surface area (Å²) in [6.45, 7) is 2.95. The Kier molecular flexibility index (Phi) is 6.75. The quantitative estimate of drug-likeness (QED) is 0.559. The minimum Gasteiger partial charge on any atom is -0.383 e. The van der Waals surface area contributed by atoms with Crippen LogP contribution in [0.1, 0.15) is 6.92 Å². The van der Waals surface area contributed by atoms with Gasteiger partial charge >= 0.3 is 0 Å². The van der Waals surface area contributed by atoms with Crippen LogP contribution in [-0.2, 0) is 9.53 Å². The van der Waals surface area contributed by atoms with Crippen LogP contribution in [0.15, 0.2) is 28.6 Å². The first kappa shape index (κ1) is 17.6. The summed E-state index contributed by atoms with van der Waals surface area (Å²) in [5, 5.41) is 13.9. The van der Waals surface area contributed by atoms with Gasteiger partial charge in [0.05, 0.1) is 17.5 Å². The molecule has 0 aliphatic carbocycles. The molecule has 2 N–H and O–H groups in total. The maximum atomic E-state index is 13.5. The molecule has 23 heavy (non-hydrogen) atoms. The monoisotopic (exact) mass is 356 g/mol. The molecule has 1 atom stereocenters. The van der Waals surface area contributed by atoms with E-state index < -0.39 is 11.1 Å². The molecule has 0 saturated carbocycles. The molecule has 1 aromatic heterocycles. The molecule has 0 fully saturated rings. The number of rotatable bonds is 8. The summed E-state index contributed by atoms with van der Waals surface area (Å²) >= 11 is 2.63. The van der Waals surface area contributed by atoms with Gasteiger partial charge in [0.25, 0.3) is 0 Å². The normalized spacial score (nSPS) is 12.0. The van der Waals surface area contributed by atoms with Crippen molar-refractivity contribution >= 4 is 39.8 Å². The van der Waals surface area contributed by atoms with E-state index in [-0.39, 0.29) is 11.6 Å². The van der Waals surface area contributed by atoms with Gasteiger partial charge in [0, 0.05) is 13.7 Å². The highest BCUT2D eigenvalue weighted by atomic mass is 32.2. The third-order valence-corrected chi connectivity index (χ3v) is 4.83. The number of carbonyl (C=O) groups is 1. The van der Waals surface area contributed by atoms with Gasteiger partial charge in [0.15, 0.2) is 4.34 Å². The van der Waals surface area contributed by atoms with Crippen LogP contribution in [0.25, 0.3) is 0 Å². The molecule has 9 heteroatoms. The van der Waals surface area contributed by atoms with Gasteiger partial charge in [-0.05, 0) is 19.1 Å². The predicted octanol–water partition coefficient (Wildman–Crippen LogP) is 2.85. The molecule has 1 aromatic carbocycles. The smallest absolute Gasteiger partial charge is 0.237 e. The number of nitrogens with zero attached hydrogens (tertiary/aromatic N) is 2. The highest BCUT2D eigenvalue weighted by Gasteiger charge is 2.18. The number of methoxy groups -OCH3 is 1. The summed E-state index contributed by atoms with van der Waals surface area (Å²) in [6.07, 6.45) is 0. The van der Waals surface area contributed by atoms with Crippen molar-refractivity contribution in [2.75, 3.05) is 30.9 Å². The Labute approximate surface area is 141 Å². The fraction of sp³-hybridized carbons (Fsp3) is 0.357. The minimum atomic E-state index is -0.460. The summed E-state index contributed by atoms with van der Waals surface area (Å²) < 4.78 is 19.1. The van der Waals surface area contributed by atoms with Gasteiger partial charge < -0.3 is 15.4 Å². The topological polar surface area (TPSA) is 76.1 Å². The van der Waals surface area contributed by atoms with Crippen LogP contribution >= 0.6 is 23.1 Å². The molecule has 0 bridgehead atoms. The number of para-hydroxylation sites is 1. The molecular formula is C14H17FN4O2S2. The SMILES string of the molecule is COCCNc1nnc(S[C@@H](C)C(=O)Nc2ccccc2F)s1. The third-order valence-electron chi connectivity index (χ3n) is 2.77. The van der Waals surface area contributed by atoms with Crippen LogP contribution in [-0.4, -0.2) is 41.6 Å². The van der Waals surface area contributed by atoms with Gasteiger partial charge in [-0.15, -0.1) is 10.2 Å². The number of ether oxygens (including phenoxy) is 1. The molecule has 2 aromatic rings. The van der Waals surface area contributed by atoms with Crippen LogP contribution in [0.3, 0.4) is 0 Å². The lowest BCUT2D eigenvalue weighted by atomic mass is 10.3. The number of benzene rings is 1. The molecule has 2 rings (SSSR count). The number of anilines is 2. The Morgan fingerprint density at radius 2 is 2.22 bits per heavy atom. The molecule has 0 spiro atoms. The summed E-state index contributed by atoms with van der Waals surface area (Å²) in [4.78, 5) is 12.1. The molecule has 0 aliphatic rings. The standard InChI is InChI=1S/C14H17FN4O2S2/c1-9(12(20)17-11-6-4-3-5-10(11)15)22-14-19-18-13(23-14)16-7-8-21-2/h3-6,9H,7-8H2,1-2H3,(H,16,18)(H,17,20)/t9-/m0/s1. The zero-order valence-electron chi connectivity index (χ0n) is 12.7. The number of halogens is 1. The van der Waals surface area contributed by atoms with E-state index in [1.54, 1.807) is 26.2 Å². The second-order valence-corrected chi connectivity index (χ2v) is 7.09. The van der Waals surface area contributed by atoms with Gasteiger partial charge in [0.1, 0.15) is 5.82 Å².